The van der Waals surface area contributed by atoms with Crippen molar-refractivity contribution in [2.75, 3.05) is 38.2 Å². The lowest BCUT2D eigenvalue weighted by molar-refractivity contribution is -0.119. The van der Waals surface area contributed by atoms with Crippen molar-refractivity contribution in [3.63, 3.8) is 0 Å². The van der Waals surface area contributed by atoms with Gasteiger partial charge in [-0.3, -0.25) is 4.79 Å². The molecule has 1 aliphatic rings. The molecule has 1 heterocycles. The Morgan fingerprint density at radius 2 is 1.74 bits per heavy atom. The van der Waals surface area contributed by atoms with Crippen LogP contribution in [0, 0.1) is 13.8 Å². The number of benzene rings is 2. The second-order valence-electron chi connectivity index (χ2n) is 7.16. The fraction of sp³-hybridized carbons (Fsp3) is 0.333. The van der Waals surface area contributed by atoms with Gasteiger partial charge < -0.3 is 14.8 Å². The molecule has 0 radical (unpaired) electrons. The highest BCUT2D eigenvalue weighted by atomic mass is 35.5. The Bertz CT molecular complexity index is 1080. The summed E-state index contributed by atoms with van der Waals surface area (Å²) in [5, 5.41) is 2.69. The Kier molecular flexibility index (Phi) is 7.32. The molecule has 0 bridgehead atoms. The van der Waals surface area contributed by atoms with Gasteiger partial charge in [0, 0.05) is 18.8 Å². The van der Waals surface area contributed by atoms with Crippen molar-refractivity contribution in [2.45, 2.75) is 18.7 Å². The van der Waals surface area contributed by atoms with Crippen LogP contribution < -0.4 is 5.32 Å². The van der Waals surface area contributed by atoms with Gasteiger partial charge in [0.05, 0.1) is 28.7 Å². The molecule has 0 aliphatic carbocycles. The van der Waals surface area contributed by atoms with E-state index in [1.54, 1.807) is 12.1 Å². The lowest BCUT2D eigenvalue weighted by Gasteiger charge is -2.26. The minimum Gasteiger partial charge on any atom is -0.452 e. The number of aryl methyl sites for hydroxylation is 2. The lowest BCUT2D eigenvalue weighted by atomic mass is 10.1. The van der Waals surface area contributed by atoms with Gasteiger partial charge in [-0.1, -0.05) is 17.7 Å². The van der Waals surface area contributed by atoms with Crippen molar-refractivity contribution in [3.05, 3.63) is 58.1 Å². The van der Waals surface area contributed by atoms with Crippen LogP contribution in [0.5, 0.6) is 0 Å². The third-order valence-electron chi connectivity index (χ3n) is 4.61. The molecule has 166 valence electrons. The van der Waals surface area contributed by atoms with E-state index in [-0.39, 0.29) is 28.6 Å². The van der Waals surface area contributed by atoms with Crippen LogP contribution in [0.15, 0.2) is 41.3 Å². The van der Waals surface area contributed by atoms with Crippen LogP contribution in [0.25, 0.3) is 0 Å². The van der Waals surface area contributed by atoms with E-state index in [4.69, 9.17) is 21.1 Å². The monoisotopic (exact) mass is 466 g/mol. The van der Waals surface area contributed by atoms with Crippen molar-refractivity contribution in [1.82, 2.24) is 4.31 Å². The number of rotatable bonds is 6. The predicted molar refractivity (Wildman–Crippen MR) is 116 cm³/mol. The SMILES string of the molecule is Cc1cc(C)cc(NC(=O)COC(=O)c2cc(S(=O)(=O)N3CCOCC3)ccc2Cl)c1. The Balaban J connectivity index is 1.68. The molecule has 1 N–H and O–H groups in total. The number of anilines is 1. The quantitative estimate of drug-likeness (QED) is 0.657. The topological polar surface area (TPSA) is 102 Å². The van der Waals surface area contributed by atoms with E-state index >= 15 is 0 Å². The van der Waals surface area contributed by atoms with Crippen molar-refractivity contribution in [3.8, 4) is 0 Å². The van der Waals surface area contributed by atoms with E-state index in [1.807, 2.05) is 19.9 Å². The molecule has 3 rings (SSSR count). The molecule has 1 aliphatic heterocycles. The molecule has 0 saturated carbocycles. The standard InChI is InChI=1S/C21H23ClN2O6S/c1-14-9-15(2)11-16(10-14)23-20(25)13-30-21(26)18-12-17(3-4-19(18)22)31(27,28)24-5-7-29-8-6-24/h3-4,9-12H,5-8,13H2,1-2H3,(H,23,25). The fourth-order valence-corrected chi connectivity index (χ4v) is 4.84. The number of nitrogens with zero attached hydrogens (tertiary/aromatic N) is 1. The highest BCUT2D eigenvalue weighted by Gasteiger charge is 2.28. The van der Waals surface area contributed by atoms with Gasteiger partial charge in [0.15, 0.2) is 6.61 Å². The molecule has 2 aromatic carbocycles. The summed E-state index contributed by atoms with van der Waals surface area (Å²) >= 11 is 6.08. The van der Waals surface area contributed by atoms with E-state index < -0.39 is 28.5 Å². The maximum absolute atomic E-state index is 12.8. The zero-order valence-corrected chi connectivity index (χ0v) is 18.8. The summed E-state index contributed by atoms with van der Waals surface area (Å²) in [5.41, 5.74) is 2.43. The number of nitrogens with one attached hydrogen (secondary N) is 1. The largest absolute Gasteiger partial charge is 0.452 e. The third kappa shape index (κ3) is 5.82. The molecule has 1 fully saturated rings. The lowest BCUT2D eigenvalue weighted by Crippen LogP contribution is -2.40. The first-order valence-electron chi connectivity index (χ1n) is 9.59. The van der Waals surface area contributed by atoms with Crippen LogP contribution in [0.1, 0.15) is 21.5 Å². The minimum atomic E-state index is -3.81. The number of halogens is 1. The van der Waals surface area contributed by atoms with E-state index in [1.165, 1.54) is 16.4 Å². The van der Waals surface area contributed by atoms with Crippen LogP contribution in [0.4, 0.5) is 5.69 Å². The number of sulfonamides is 1. The molecule has 8 nitrogen and oxygen atoms in total. The minimum absolute atomic E-state index is 0.0284. The molecular weight excluding hydrogens is 444 g/mol. The van der Waals surface area contributed by atoms with Gasteiger partial charge in [0.1, 0.15) is 0 Å². The number of morpholine rings is 1. The number of amides is 1. The average Bonchev–Trinajstić information content (AvgIpc) is 2.72. The van der Waals surface area contributed by atoms with Crippen molar-refractivity contribution >= 4 is 39.2 Å². The number of hydrogen-bond donors (Lipinski definition) is 1. The third-order valence-corrected chi connectivity index (χ3v) is 6.83. The predicted octanol–water partition coefficient (Wildman–Crippen LogP) is 2.77. The molecular formula is C21H23ClN2O6S. The highest BCUT2D eigenvalue weighted by molar-refractivity contribution is 7.89. The molecule has 1 amide bonds. The van der Waals surface area contributed by atoms with E-state index in [0.29, 0.717) is 18.9 Å². The van der Waals surface area contributed by atoms with Gasteiger partial charge in [-0.2, -0.15) is 4.31 Å². The summed E-state index contributed by atoms with van der Waals surface area (Å²) in [7, 11) is -3.81. The van der Waals surface area contributed by atoms with Crippen LogP contribution in [0.3, 0.4) is 0 Å². The van der Waals surface area contributed by atoms with Gasteiger partial charge in [0.25, 0.3) is 5.91 Å². The van der Waals surface area contributed by atoms with Gasteiger partial charge in [-0.25, -0.2) is 13.2 Å². The van der Waals surface area contributed by atoms with E-state index in [0.717, 1.165) is 17.2 Å². The Morgan fingerprint density at radius 3 is 2.39 bits per heavy atom. The molecule has 2 aromatic rings. The highest BCUT2D eigenvalue weighted by Crippen LogP contribution is 2.24. The van der Waals surface area contributed by atoms with Gasteiger partial charge in [-0.15, -0.1) is 0 Å². The fourth-order valence-electron chi connectivity index (χ4n) is 3.21. The number of carbonyl (C=O) groups is 2. The van der Waals surface area contributed by atoms with Crippen LogP contribution in [-0.4, -0.2) is 57.5 Å². The molecule has 0 spiro atoms. The maximum atomic E-state index is 12.8. The summed E-state index contributed by atoms with van der Waals surface area (Å²) in [6.45, 7) is 4.33. The first kappa shape index (κ1) is 23.2. The molecule has 0 aromatic heterocycles. The molecule has 0 atom stereocenters. The second kappa shape index (κ2) is 9.78. The second-order valence-corrected chi connectivity index (χ2v) is 9.50. The number of carbonyl (C=O) groups excluding carboxylic acids is 2. The summed E-state index contributed by atoms with van der Waals surface area (Å²) in [4.78, 5) is 24.5. The molecule has 1 saturated heterocycles. The zero-order valence-electron chi connectivity index (χ0n) is 17.2. The van der Waals surface area contributed by atoms with Crippen LogP contribution in [0.2, 0.25) is 5.02 Å². The van der Waals surface area contributed by atoms with Crippen LogP contribution >= 0.6 is 11.6 Å². The first-order chi connectivity index (χ1) is 14.7. The van der Waals surface area contributed by atoms with Gasteiger partial charge >= 0.3 is 5.97 Å². The maximum Gasteiger partial charge on any atom is 0.340 e. The number of hydrogen-bond acceptors (Lipinski definition) is 6. The van der Waals surface area contributed by atoms with E-state index in [9.17, 15) is 18.0 Å². The van der Waals surface area contributed by atoms with Gasteiger partial charge in [0.2, 0.25) is 10.0 Å². The summed E-state index contributed by atoms with van der Waals surface area (Å²) in [6, 6.07) is 9.37. The number of esters is 1. The summed E-state index contributed by atoms with van der Waals surface area (Å²) < 4.78 is 37.1. The van der Waals surface area contributed by atoms with Gasteiger partial charge in [-0.05, 0) is 55.3 Å². The smallest absolute Gasteiger partial charge is 0.340 e. The molecule has 10 heteroatoms. The van der Waals surface area contributed by atoms with Crippen molar-refractivity contribution in [1.29, 1.82) is 0 Å². The van der Waals surface area contributed by atoms with E-state index in [2.05, 4.69) is 5.32 Å². The summed E-state index contributed by atoms with van der Waals surface area (Å²) in [5.74, 6) is -1.41. The molecule has 0 unspecified atom stereocenters. The Morgan fingerprint density at radius 1 is 1.10 bits per heavy atom. The molecule has 31 heavy (non-hydrogen) atoms. The van der Waals surface area contributed by atoms with Crippen molar-refractivity contribution in [2.24, 2.45) is 0 Å². The van der Waals surface area contributed by atoms with Crippen molar-refractivity contribution < 1.29 is 27.5 Å². The number of ether oxygens (including phenoxy) is 2. The first-order valence-corrected chi connectivity index (χ1v) is 11.4. The van der Waals surface area contributed by atoms with Crippen LogP contribution in [-0.2, 0) is 24.3 Å². The Labute approximate surface area is 186 Å². The average molecular weight is 467 g/mol. The Hall–Kier alpha value is -2.46. The zero-order chi connectivity index (χ0) is 22.6. The normalized spacial score (nSPS) is 14.8. The summed E-state index contributed by atoms with van der Waals surface area (Å²) in [6.07, 6.45) is 0.